The molecule has 1 amide bonds. The molecular weight excluding hydrogens is 520 g/mol. The van der Waals surface area contributed by atoms with Crippen molar-refractivity contribution in [3.05, 3.63) is 42.5 Å². The number of halogens is 10. The molecule has 0 bridgehead atoms. The lowest BCUT2D eigenvalue weighted by molar-refractivity contribution is -0.284. The third kappa shape index (κ3) is 7.26. The molecule has 5 nitrogen and oxygen atoms in total. The topological polar surface area (TPSA) is 55.8 Å². The van der Waals surface area contributed by atoms with Crippen LogP contribution < -0.4 is 4.74 Å². The summed E-state index contributed by atoms with van der Waals surface area (Å²) in [6, 6.07) is 4.33. The van der Waals surface area contributed by atoms with Crippen LogP contribution in [0.25, 0.3) is 0 Å². The maximum atomic E-state index is 13.6. The third-order valence-electron chi connectivity index (χ3n) is 4.56. The first kappa shape index (κ1) is 31.0. The number of carbonyl (C=O) groups is 2. The van der Waals surface area contributed by atoms with Gasteiger partial charge >= 0.3 is 36.1 Å². The van der Waals surface area contributed by atoms with Gasteiger partial charge in [0, 0.05) is 6.04 Å². The van der Waals surface area contributed by atoms with E-state index in [-0.39, 0.29) is 17.1 Å². The van der Waals surface area contributed by atoms with E-state index in [2.05, 4.69) is 11.3 Å². The van der Waals surface area contributed by atoms with E-state index in [1.54, 1.807) is 6.07 Å². The number of alkyl halides is 10. The van der Waals surface area contributed by atoms with E-state index in [0.29, 0.717) is 5.56 Å². The molecule has 0 saturated carbocycles. The summed E-state index contributed by atoms with van der Waals surface area (Å²) in [6.07, 6.45) is -13.4. The Morgan fingerprint density at radius 3 is 1.94 bits per heavy atom. The quantitative estimate of drug-likeness (QED) is 0.216. The fraction of sp³-hybridized carbons (Fsp3) is 0.524. The van der Waals surface area contributed by atoms with Crippen LogP contribution in [0, 0.1) is 0 Å². The Hall–Kier alpha value is -3.00. The van der Waals surface area contributed by atoms with E-state index in [1.807, 2.05) is 0 Å². The average Bonchev–Trinajstić information content (AvgIpc) is 2.74. The zero-order chi connectivity index (χ0) is 28.1. The van der Waals surface area contributed by atoms with Crippen LogP contribution in [-0.4, -0.2) is 66.3 Å². The number of rotatable bonds is 11. The van der Waals surface area contributed by atoms with Crippen molar-refractivity contribution in [2.75, 3.05) is 13.2 Å². The summed E-state index contributed by atoms with van der Waals surface area (Å²) in [5, 5.41) is 0. The van der Waals surface area contributed by atoms with Crippen LogP contribution in [0.15, 0.2) is 36.9 Å². The van der Waals surface area contributed by atoms with Crippen molar-refractivity contribution in [2.24, 2.45) is 0 Å². The minimum absolute atomic E-state index is 0.0101. The summed E-state index contributed by atoms with van der Waals surface area (Å²) < 4.78 is 139. The first-order chi connectivity index (χ1) is 16.3. The van der Waals surface area contributed by atoms with Gasteiger partial charge in [-0.15, -0.1) is 6.58 Å². The number of hydrogen-bond acceptors (Lipinski definition) is 4. The minimum Gasteiger partial charge on any atom is -0.489 e. The van der Waals surface area contributed by atoms with Crippen molar-refractivity contribution in [3.63, 3.8) is 0 Å². The van der Waals surface area contributed by atoms with Crippen molar-refractivity contribution >= 4 is 11.9 Å². The molecule has 0 aliphatic heterocycles. The lowest BCUT2D eigenvalue weighted by atomic mass is 10.1. The molecule has 0 heterocycles. The lowest BCUT2D eigenvalue weighted by Crippen LogP contribution is -2.57. The van der Waals surface area contributed by atoms with Crippen LogP contribution in [0.1, 0.15) is 19.4 Å². The van der Waals surface area contributed by atoms with Crippen LogP contribution in [-0.2, 0) is 20.7 Å². The Balaban J connectivity index is 3.33. The molecule has 0 saturated heterocycles. The van der Waals surface area contributed by atoms with Gasteiger partial charge in [-0.05, 0) is 31.9 Å². The van der Waals surface area contributed by atoms with E-state index < -0.39 is 61.4 Å². The molecule has 1 rings (SSSR count). The molecule has 0 N–H and O–H groups in total. The van der Waals surface area contributed by atoms with E-state index in [0.717, 1.165) is 13.8 Å². The van der Waals surface area contributed by atoms with Gasteiger partial charge in [-0.1, -0.05) is 24.3 Å². The van der Waals surface area contributed by atoms with Gasteiger partial charge in [0.15, 0.2) is 6.10 Å². The third-order valence-corrected chi connectivity index (χ3v) is 4.56. The van der Waals surface area contributed by atoms with Gasteiger partial charge in [0.2, 0.25) is 0 Å². The molecule has 0 fully saturated rings. The highest BCUT2D eigenvalue weighted by atomic mass is 19.4. The largest absolute Gasteiger partial charge is 0.489 e. The van der Waals surface area contributed by atoms with E-state index >= 15 is 0 Å². The highest BCUT2D eigenvalue weighted by molar-refractivity contribution is 5.85. The maximum Gasteiger partial charge on any atom is 0.465 e. The zero-order valence-electron chi connectivity index (χ0n) is 18.7. The van der Waals surface area contributed by atoms with E-state index in [4.69, 9.17) is 4.74 Å². The van der Waals surface area contributed by atoms with Crippen molar-refractivity contribution in [1.82, 2.24) is 4.90 Å². The number of carbonyl (C=O) groups excluding carboxylic acids is 2. The zero-order valence-corrected chi connectivity index (χ0v) is 18.7. The summed E-state index contributed by atoms with van der Waals surface area (Å²) in [4.78, 5) is 23.4. The van der Waals surface area contributed by atoms with Gasteiger partial charge in [0.25, 0.3) is 0 Å². The monoisotopic (exact) mass is 541 g/mol. The van der Waals surface area contributed by atoms with Crippen molar-refractivity contribution < 1.29 is 63.0 Å². The normalized spacial score (nSPS) is 13.8. The van der Waals surface area contributed by atoms with E-state index in [9.17, 15) is 53.5 Å². The van der Waals surface area contributed by atoms with E-state index in [1.165, 1.54) is 24.3 Å². The van der Waals surface area contributed by atoms with Crippen LogP contribution in [0.2, 0.25) is 0 Å². The van der Waals surface area contributed by atoms with Crippen molar-refractivity contribution in [2.45, 2.75) is 56.6 Å². The highest BCUT2D eigenvalue weighted by Gasteiger charge is 2.66. The van der Waals surface area contributed by atoms with Crippen molar-refractivity contribution in [1.29, 1.82) is 0 Å². The van der Waals surface area contributed by atoms with Crippen molar-refractivity contribution in [3.8, 4) is 5.75 Å². The highest BCUT2D eigenvalue weighted by Crippen LogP contribution is 2.38. The van der Waals surface area contributed by atoms with Gasteiger partial charge < -0.3 is 14.4 Å². The Labute approximate surface area is 198 Å². The van der Waals surface area contributed by atoms with Crippen LogP contribution in [0.5, 0.6) is 5.75 Å². The summed E-state index contributed by atoms with van der Waals surface area (Å²) in [5.74, 6) is -18.0. The predicted molar refractivity (Wildman–Crippen MR) is 105 cm³/mol. The average molecular weight is 541 g/mol. The standard InChI is InChI=1S/C21H21F10NO4/c1-4-7-13-8-5-6-9-15(13)35-11-14(36-17(34)19(24,25)21(29,30)31)10-32(12(2)3)16(33)18(22,23)20(26,27)28/h4-6,8-9,12,14H,1,7,10-11H2,2-3H3. The fourth-order valence-electron chi connectivity index (χ4n) is 2.67. The van der Waals surface area contributed by atoms with Gasteiger partial charge in [0.05, 0.1) is 6.54 Å². The second-order valence-electron chi connectivity index (χ2n) is 7.63. The summed E-state index contributed by atoms with van der Waals surface area (Å²) in [7, 11) is 0. The second kappa shape index (κ2) is 11.4. The lowest BCUT2D eigenvalue weighted by Gasteiger charge is -2.34. The molecule has 1 aromatic carbocycles. The Morgan fingerprint density at radius 1 is 0.944 bits per heavy atom. The number of para-hydroxylation sites is 1. The SMILES string of the molecule is C=CCc1ccccc1OCC(CN(C(=O)C(F)(F)C(F)(F)F)C(C)C)OC(=O)C(F)(F)C(F)(F)F. The molecule has 204 valence electrons. The Morgan fingerprint density at radius 2 is 1.47 bits per heavy atom. The number of allylic oxidation sites excluding steroid dienone is 1. The molecule has 1 aromatic rings. The van der Waals surface area contributed by atoms with Gasteiger partial charge in [-0.3, -0.25) is 4.79 Å². The first-order valence-electron chi connectivity index (χ1n) is 10.00. The van der Waals surface area contributed by atoms with Crippen LogP contribution in [0.3, 0.4) is 0 Å². The first-order valence-corrected chi connectivity index (χ1v) is 10.00. The smallest absolute Gasteiger partial charge is 0.465 e. The van der Waals surface area contributed by atoms with Gasteiger partial charge in [-0.25, -0.2) is 4.79 Å². The number of benzene rings is 1. The Kier molecular flexibility index (Phi) is 9.80. The molecule has 1 unspecified atom stereocenters. The number of esters is 1. The predicted octanol–water partition coefficient (Wildman–Crippen LogP) is 5.34. The Bertz CT molecular complexity index is 928. The molecule has 36 heavy (non-hydrogen) atoms. The number of nitrogens with zero attached hydrogens (tertiary/aromatic N) is 1. The number of ether oxygens (including phenoxy) is 2. The van der Waals surface area contributed by atoms with Crippen LogP contribution in [0.4, 0.5) is 43.9 Å². The van der Waals surface area contributed by atoms with Crippen LogP contribution >= 0.6 is 0 Å². The minimum atomic E-state index is -6.40. The van der Waals surface area contributed by atoms with Gasteiger partial charge in [0.1, 0.15) is 12.4 Å². The fourth-order valence-corrected chi connectivity index (χ4v) is 2.67. The summed E-state index contributed by atoms with van der Waals surface area (Å²) in [6.45, 7) is 2.91. The van der Waals surface area contributed by atoms with Gasteiger partial charge in [-0.2, -0.15) is 43.9 Å². The molecule has 0 aliphatic rings. The number of amides is 1. The molecule has 0 spiro atoms. The number of hydrogen-bond donors (Lipinski definition) is 0. The molecule has 0 aliphatic carbocycles. The summed E-state index contributed by atoms with van der Waals surface area (Å²) >= 11 is 0. The molecule has 1 atom stereocenters. The molecule has 15 heteroatoms. The maximum absolute atomic E-state index is 13.6. The summed E-state index contributed by atoms with van der Waals surface area (Å²) in [5.41, 5.74) is 0.415. The molecular formula is C21H21F10NO4. The molecule has 0 radical (unpaired) electrons. The second-order valence-corrected chi connectivity index (χ2v) is 7.63. The molecule has 0 aromatic heterocycles.